The van der Waals surface area contributed by atoms with E-state index in [1.807, 2.05) is 24.3 Å². The largest absolute Gasteiger partial charge is 0.337 e. The molecule has 0 saturated heterocycles. The third kappa shape index (κ3) is 8.67. The molecule has 1 atom stereocenters. The van der Waals surface area contributed by atoms with Crippen molar-refractivity contribution in [1.82, 2.24) is 10.6 Å². The molecule has 0 aromatic heterocycles. The molecule has 1 unspecified atom stereocenters. The van der Waals surface area contributed by atoms with Crippen LogP contribution in [0.5, 0.6) is 0 Å². The van der Waals surface area contributed by atoms with Gasteiger partial charge in [0.15, 0.2) is 0 Å². The minimum atomic E-state index is -0.446. The smallest absolute Gasteiger partial charge is 0.319 e. The van der Waals surface area contributed by atoms with Crippen molar-refractivity contribution >= 4 is 46.5 Å². The minimum Gasteiger partial charge on any atom is -0.337 e. The molecular formula is C26H28Cl3FN4O. The van der Waals surface area contributed by atoms with Gasteiger partial charge in [-0.05, 0) is 79.5 Å². The zero-order valence-electron chi connectivity index (χ0n) is 19.1. The maximum Gasteiger partial charge on any atom is 0.319 e. The predicted octanol–water partition coefficient (Wildman–Crippen LogP) is 6.69. The molecule has 2 amide bonds. The predicted molar refractivity (Wildman–Crippen MR) is 144 cm³/mol. The Hall–Kier alpha value is -2.35. The monoisotopic (exact) mass is 536 g/mol. The highest BCUT2D eigenvalue weighted by Crippen LogP contribution is 2.27. The molecule has 0 aliphatic carbocycles. The molecule has 0 bridgehead atoms. The van der Waals surface area contributed by atoms with Gasteiger partial charge >= 0.3 is 6.03 Å². The summed E-state index contributed by atoms with van der Waals surface area (Å²) in [5.74, 6) is -0.376. The van der Waals surface area contributed by atoms with Crippen LogP contribution in [0.1, 0.15) is 24.3 Å². The molecule has 0 heterocycles. The van der Waals surface area contributed by atoms with Crippen LogP contribution in [-0.2, 0) is 0 Å². The number of carbonyl (C=O) groups excluding carboxylic acids is 1. The number of benzene rings is 3. The summed E-state index contributed by atoms with van der Waals surface area (Å²) in [6.45, 7) is 2.70. The Bertz CT molecular complexity index is 1110. The molecule has 9 heteroatoms. The number of urea groups is 1. The fraction of sp³-hybridized carbons (Fsp3) is 0.269. The summed E-state index contributed by atoms with van der Waals surface area (Å²) in [6, 6.07) is 17.2. The highest BCUT2D eigenvalue weighted by atomic mass is 35.5. The summed E-state index contributed by atoms with van der Waals surface area (Å²) < 4.78 is 13.5. The van der Waals surface area contributed by atoms with Crippen molar-refractivity contribution in [2.45, 2.75) is 18.8 Å². The Labute approximate surface area is 220 Å². The SMILES string of the molecule is NCCCNCCC(CNC(=O)Nc1cc(Cl)cc(Cl)c1)c1ccc(-c2ccc(F)c(Cl)c2)cc1. The Morgan fingerprint density at radius 3 is 2.26 bits per heavy atom. The standard InChI is InChI=1S/C26H28Cl3FN4O/c27-21-13-22(28)15-23(14-21)34-26(35)33-16-20(8-11-32-10-1-9-31)18-4-2-17(3-5-18)19-6-7-25(30)24(29)12-19/h2-7,12-15,20,32H,1,8-11,16,31H2,(H2,33,34,35). The molecule has 3 aromatic carbocycles. The van der Waals surface area contributed by atoms with Crippen molar-refractivity contribution in [1.29, 1.82) is 0 Å². The lowest BCUT2D eigenvalue weighted by atomic mass is 9.93. The maximum absolute atomic E-state index is 13.5. The van der Waals surface area contributed by atoms with E-state index in [2.05, 4.69) is 16.0 Å². The molecule has 0 fully saturated rings. The van der Waals surface area contributed by atoms with Gasteiger partial charge in [-0.3, -0.25) is 0 Å². The van der Waals surface area contributed by atoms with Gasteiger partial charge in [-0.25, -0.2) is 9.18 Å². The van der Waals surface area contributed by atoms with Crippen LogP contribution in [0, 0.1) is 5.82 Å². The number of nitrogens with one attached hydrogen (secondary N) is 3. The van der Waals surface area contributed by atoms with Gasteiger partial charge in [-0.15, -0.1) is 0 Å². The molecule has 5 nitrogen and oxygen atoms in total. The molecular weight excluding hydrogens is 510 g/mol. The highest BCUT2D eigenvalue weighted by Gasteiger charge is 2.14. The number of carbonyl (C=O) groups is 1. The second kappa shape index (κ2) is 13.7. The molecule has 186 valence electrons. The average Bonchev–Trinajstić information content (AvgIpc) is 2.82. The third-order valence-electron chi connectivity index (χ3n) is 5.49. The Balaban J connectivity index is 1.67. The fourth-order valence-corrected chi connectivity index (χ4v) is 4.36. The number of halogens is 4. The Kier molecular flexibility index (Phi) is 10.6. The summed E-state index contributed by atoms with van der Waals surface area (Å²) in [4.78, 5) is 12.5. The highest BCUT2D eigenvalue weighted by molar-refractivity contribution is 6.35. The van der Waals surface area contributed by atoms with Crippen LogP contribution >= 0.6 is 34.8 Å². The molecule has 0 aliphatic rings. The zero-order chi connectivity index (χ0) is 25.2. The van der Waals surface area contributed by atoms with Crippen molar-refractivity contribution < 1.29 is 9.18 Å². The molecule has 3 rings (SSSR count). The van der Waals surface area contributed by atoms with Crippen molar-refractivity contribution in [3.05, 3.63) is 87.1 Å². The van der Waals surface area contributed by atoms with Gasteiger partial charge in [0.2, 0.25) is 0 Å². The molecule has 0 spiro atoms. The van der Waals surface area contributed by atoms with Gasteiger partial charge in [0.1, 0.15) is 5.82 Å². The van der Waals surface area contributed by atoms with E-state index in [9.17, 15) is 9.18 Å². The normalized spacial score (nSPS) is 11.8. The molecule has 3 aromatic rings. The summed E-state index contributed by atoms with van der Waals surface area (Å²) in [6.07, 6.45) is 1.72. The first-order valence-electron chi connectivity index (χ1n) is 11.3. The second-order valence-electron chi connectivity index (χ2n) is 8.12. The van der Waals surface area contributed by atoms with E-state index in [0.717, 1.165) is 42.6 Å². The van der Waals surface area contributed by atoms with Crippen LogP contribution in [0.3, 0.4) is 0 Å². The van der Waals surface area contributed by atoms with Gasteiger partial charge < -0.3 is 21.7 Å². The topological polar surface area (TPSA) is 79.2 Å². The lowest BCUT2D eigenvalue weighted by Crippen LogP contribution is -2.33. The van der Waals surface area contributed by atoms with E-state index in [-0.39, 0.29) is 17.0 Å². The summed E-state index contributed by atoms with van der Waals surface area (Å²) >= 11 is 18.0. The van der Waals surface area contributed by atoms with Gasteiger partial charge in [0.25, 0.3) is 0 Å². The Morgan fingerprint density at radius 2 is 1.60 bits per heavy atom. The van der Waals surface area contributed by atoms with Crippen LogP contribution in [-0.4, -0.2) is 32.2 Å². The van der Waals surface area contributed by atoms with Gasteiger partial charge in [-0.1, -0.05) is 65.1 Å². The van der Waals surface area contributed by atoms with Crippen molar-refractivity contribution in [3.63, 3.8) is 0 Å². The lowest BCUT2D eigenvalue weighted by Gasteiger charge is -2.19. The summed E-state index contributed by atoms with van der Waals surface area (Å²) in [7, 11) is 0. The van der Waals surface area contributed by atoms with Gasteiger partial charge in [-0.2, -0.15) is 0 Å². The fourth-order valence-electron chi connectivity index (χ4n) is 3.66. The van der Waals surface area contributed by atoms with E-state index in [1.165, 1.54) is 6.07 Å². The molecule has 35 heavy (non-hydrogen) atoms. The van der Waals surface area contributed by atoms with E-state index >= 15 is 0 Å². The van der Waals surface area contributed by atoms with Crippen molar-refractivity contribution in [2.24, 2.45) is 5.73 Å². The van der Waals surface area contributed by atoms with Crippen LogP contribution in [0.25, 0.3) is 11.1 Å². The number of nitrogens with two attached hydrogens (primary N) is 1. The van der Waals surface area contributed by atoms with E-state index < -0.39 is 5.82 Å². The summed E-state index contributed by atoms with van der Waals surface area (Å²) in [5.41, 5.74) is 8.92. The molecule has 0 radical (unpaired) electrons. The van der Waals surface area contributed by atoms with Gasteiger partial charge in [0.05, 0.1) is 5.02 Å². The number of hydrogen-bond acceptors (Lipinski definition) is 3. The number of amides is 2. The van der Waals surface area contributed by atoms with Crippen molar-refractivity contribution in [2.75, 3.05) is 31.5 Å². The van der Waals surface area contributed by atoms with Crippen LogP contribution in [0.15, 0.2) is 60.7 Å². The number of anilines is 1. The zero-order valence-corrected chi connectivity index (χ0v) is 21.4. The first kappa shape index (κ1) is 27.2. The third-order valence-corrected chi connectivity index (χ3v) is 6.22. The first-order chi connectivity index (χ1) is 16.9. The van der Waals surface area contributed by atoms with E-state index in [0.29, 0.717) is 28.8 Å². The van der Waals surface area contributed by atoms with E-state index in [4.69, 9.17) is 40.5 Å². The minimum absolute atomic E-state index is 0.0694. The molecule has 0 saturated carbocycles. The molecule has 0 aliphatic heterocycles. The molecule has 5 N–H and O–H groups in total. The quantitative estimate of drug-likeness (QED) is 0.206. The van der Waals surface area contributed by atoms with Crippen molar-refractivity contribution in [3.8, 4) is 11.1 Å². The maximum atomic E-state index is 13.5. The van der Waals surface area contributed by atoms with Gasteiger partial charge in [0, 0.05) is 28.2 Å². The van der Waals surface area contributed by atoms with E-state index in [1.54, 1.807) is 30.3 Å². The van der Waals surface area contributed by atoms with Crippen LogP contribution in [0.2, 0.25) is 15.1 Å². The Morgan fingerprint density at radius 1 is 0.914 bits per heavy atom. The average molecular weight is 538 g/mol. The van der Waals surface area contributed by atoms with Crippen LogP contribution < -0.4 is 21.7 Å². The summed E-state index contributed by atoms with van der Waals surface area (Å²) in [5, 5.41) is 10.1. The second-order valence-corrected chi connectivity index (χ2v) is 9.40. The lowest BCUT2D eigenvalue weighted by molar-refractivity contribution is 0.251. The number of rotatable bonds is 11. The van der Waals surface area contributed by atoms with Crippen LogP contribution in [0.4, 0.5) is 14.9 Å². The number of hydrogen-bond donors (Lipinski definition) is 4. The first-order valence-corrected chi connectivity index (χ1v) is 12.5.